The van der Waals surface area contributed by atoms with Crippen LogP contribution in [-0.2, 0) is 48.9 Å². The molecule has 0 bridgehead atoms. The van der Waals surface area contributed by atoms with Crippen LogP contribution in [-0.4, -0.2) is 73.4 Å². The van der Waals surface area contributed by atoms with Crippen molar-refractivity contribution in [3.63, 3.8) is 0 Å². The van der Waals surface area contributed by atoms with Crippen molar-refractivity contribution in [2.75, 3.05) is 13.2 Å². The zero-order valence-corrected chi connectivity index (χ0v) is 51.0. The third-order valence-corrected chi connectivity index (χ3v) is 12.6. The summed E-state index contributed by atoms with van der Waals surface area (Å²) in [5, 5.41) is -4.22. The van der Waals surface area contributed by atoms with Gasteiger partial charge in [0.15, 0.2) is 10.5 Å². The standard InChI is InChI=1S/2C22H43NO6S.4Na/c2*1-2-3-4-5-6-7-8-9-10-11-12-13-14-15-16-17-18-29-22(25)20(19-21(23)24)30(26,27)28;;;;/h2*20H,2-19H2,1H3,(H3,23,24,26,27,28);;;;/q;;4*+1/p-4. The first-order valence-electron chi connectivity index (χ1n) is 23.3. The molecular weight excluding hydrogens is 905 g/mol. The van der Waals surface area contributed by atoms with Gasteiger partial charge in [-0.3, -0.25) is 9.59 Å². The molecule has 2 atom stereocenters. The fourth-order valence-electron chi connectivity index (χ4n) is 6.77. The molecule has 0 aliphatic rings. The molecule has 14 nitrogen and oxygen atoms in total. The SMILES string of the molecule is CCCCCCCCCCCCCCCCCCOC(=O)C(CC([NH-])=O)S(=O)(=O)[O-].CCCCCCCCCCCCCCCCCCOC(=O)C(CC([NH-])=O)S(=O)(=O)[O-].[Na+].[Na+].[Na+].[Na+]. The van der Waals surface area contributed by atoms with Crippen LogP contribution >= 0.6 is 0 Å². The summed E-state index contributed by atoms with van der Waals surface area (Å²) in [6.07, 6.45) is 37.1. The smallest absolute Gasteiger partial charge is 0.747 e. The molecule has 0 saturated heterocycles. The third kappa shape index (κ3) is 54.6. The molecule has 0 aliphatic heterocycles. The summed E-state index contributed by atoms with van der Waals surface area (Å²) in [5.74, 6) is -5.02. The Morgan fingerprint density at radius 2 is 0.547 bits per heavy atom. The maximum absolute atomic E-state index is 11.6. The third-order valence-electron chi connectivity index (χ3n) is 10.4. The number of ether oxygens (including phenoxy) is 2. The number of esters is 2. The van der Waals surface area contributed by atoms with Gasteiger partial charge in [0.05, 0.1) is 25.0 Å². The van der Waals surface area contributed by atoms with Crippen LogP contribution in [0.15, 0.2) is 0 Å². The Balaban J connectivity index is -0.000000247. The molecule has 0 heterocycles. The van der Waals surface area contributed by atoms with Gasteiger partial charge in [0.1, 0.15) is 20.2 Å². The van der Waals surface area contributed by atoms with Gasteiger partial charge in [-0.05, 0) is 12.8 Å². The van der Waals surface area contributed by atoms with Crippen LogP contribution in [0.3, 0.4) is 0 Å². The summed E-state index contributed by atoms with van der Waals surface area (Å²) in [4.78, 5) is 44.7. The zero-order valence-electron chi connectivity index (χ0n) is 41.3. The first-order chi connectivity index (χ1) is 28.6. The molecule has 0 radical (unpaired) electrons. The Labute approximate surface area is 478 Å². The van der Waals surface area contributed by atoms with E-state index in [0.717, 1.165) is 38.5 Å². The molecule has 0 saturated carbocycles. The van der Waals surface area contributed by atoms with Crippen LogP contribution in [0, 0.1) is 0 Å². The van der Waals surface area contributed by atoms with Gasteiger partial charge in [0.25, 0.3) is 0 Å². The summed E-state index contributed by atoms with van der Waals surface area (Å²) in [6.45, 7) is 4.53. The van der Waals surface area contributed by atoms with Gasteiger partial charge in [-0.15, -0.1) is 0 Å². The second-order valence-corrected chi connectivity index (χ2v) is 19.3. The van der Waals surface area contributed by atoms with E-state index in [1.54, 1.807) is 0 Å². The largest absolute Gasteiger partial charge is 1.00 e. The molecule has 0 rings (SSSR count). The van der Waals surface area contributed by atoms with Crippen LogP contribution in [0.25, 0.3) is 11.5 Å². The van der Waals surface area contributed by atoms with E-state index in [1.165, 1.54) is 154 Å². The van der Waals surface area contributed by atoms with Crippen molar-refractivity contribution in [2.24, 2.45) is 0 Å². The number of carbonyl (C=O) groups is 4. The summed E-state index contributed by atoms with van der Waals surface area (Å²) < 4.78 is 75.6. The Bertz CT molecular complexity index is 1220. The van der Waals surface area contributed by atoms with E-state index in [0.29, 0.717) is 12.8 Å². The minimum Gasteiger partial charge on any atom is -0.747 e. The van der Waals surface area contributed by atoms with Crippen LogP contribution in [0.5, 0.6) is 0 Å². The van der Waals surface area contributed by atoms with E-state index >= 15 is 0 Å². The van der Waals surface area contributed by atoms with Crippen molar-refractivity contribution in [1.82, 2.24) is 0 Å². The Hall–Kier alpha value is 1.70. The number of nitrogens with one attached hydrogen (secondary N) is 2. The summed E-state index contributed by atoms with van der Waals surface area (Å²) in [6, 6.07) is 0. The van der Waals surface area contributed by atoms with Gasteiger partial charge in [-0.2, -0.15) is 0 Å². The minimum absolute atomic E-state index is 0. The molecule has 2 N–H and O–H groups in total. The van der Waals surface area contributed by atoms with E-state index in [-0.39, 0.29) is 131 Å². The van der Waals surface area contributed by atoms with E-state index < -0.39 is 67.3 Å². The maximum atomic E-state index is 11.6. The molecule has 2 amide bonds. The molecule has 0 aromatic heterocycles. The van der Waals surface area contributed by atoms with Crippen LogP contribution < -0.4 is 118 Å². The van der Waals surface area contributed by atoms with Gasteiger partial charge >= 0.3 is 130 Å². The van der Waals surface area contributed by atoms with Crippen molar-refractivity contribution in [1.29, 1.82) is 0 Å². The van der Waals surface area contributed by atoms with Crippen molar-refractivity contribution in [3.05, 3.63) is 11.5 Å². The Kier molecular flexibility index (Phi) is 65.2. The monoisotopic (exact) mass is 986 g/mol. The molecule has 0 aromatic carbocycles. The number of unbranched alkanes of at least 4 members (excludes halogenated alkanes) is 30. The number of hydrogen-bond acceptors (Lipinski definition) is 12. The number of hydrogen-bond donors (Lipinski definition) is 0. The van der Waals surface area contributed by atoms with Crippen molar-refractivity contribution < 1.29 is 173 Å². The zero-order chi connectivity index (χ0) is 45.3. The van der Waals surface area contributed by atoms with Crippen molar-refractivity contribution >= 4 is 44.0 Å². The first-order valence-corrected chi connectivity index (χ1v) is 26.2. The van der Waals surface area contributed by atoms with E-state index in [2.05, 4.69) is 13.8 Å². The molecule has 0 aromatic rings. The molecule has 0 aliphatic carbocycles. The van der Waals surface area contributed by atoms with Gasteiger partial charge in [0.2, 0.25) is 0 Å². The van der Waals surface area contributed by atoms with Crippen molar-refractivity contribution in [2.45, 2.75) is 243 Å². The predicted octanol–water partition coefficient (Wildman–Crippen LogP) is -0.636. The van der Waals surface area contributed by atoms with E-state index in [4.69, 9.17) is 20.9 Å². The normalized spacial score (nSPS) is 11.8. The predicted molar refractivity (Wildman–Crippen MR) is 236 cm³/mol. The summed E-state index contributed by atoms with van der Waals surface area (Å²) in [5.41, 5.74) is 13.5. The molecular formula is C44H82N2Na4O12S2. The Morgan fingerprint density at radius 1 is 0.375 bits per heavy atom. The average molecular weight is 987 g/mol. The number of rotatable bonds is 42. The average Bonchev–Trinajstić information content (AvgIpc) is 3.17. The molecule has 356 valence electrons. The molecule has 0 spiro atoms. The maximum Gasteiger partial charge on any atom is 1.00 e. The molecule has 20 heteroatoms. The number of carbonyl (C=O) groups excluding carboxylic acids is 4. The molecule has 2 unspecified atom stereocenters. The quantitative estimate of drug-likeness (QED) is 0.0321. The second-order valence-electron chi connectivity index (χ2n) is 16.2. The fourth-order valence-corrected chi connectivity index (χ4v) is 8.09. The van der Waals surface area contributed by atoms with Gasteiger partial charge < -0.3 is 39.6 Å². The van der Waals surface area contributed by atoms with Crippen LogP contribution in [0.4, 0.5) is 0 Å². The second kappa shape index (κ2) is 54.0. The summed E-state index contributed by atoms with van der Waals surface area (Å²) in [7, 11) is -10.00. The van der Waals surface area contributed by atoms with Crippen molar-refractivity contribution in [3.8, 4) is 0 Å². The van der Waals surface area contributed by atoms with Crippen LogP contribution in [0.1, 0.15) is 232 Å². The van der Waals surface area contributed by atoms with Gasteiger partial charge in [-0.25, -0.2) is 16.8 Å². The molecule has 0 fully saturated rings. The molecule has 64 heavy (non-hydrogen) atoms. The summed E-state index contributed by atoms with van der Waals surface area (Å²) >= 11 is 0. The van der Waals surface area contributed by atoms with E-state index in [9.17, 15) is 45.1 Å². The number of amides is 2. The van der Waals surface area contributed by atoms with Gasteiger partial charge in [0, 0.05) is 12.8 Å². The topological polar surface area (TPSA) is 249 Å². The van der Waals surface area contributed by atoms with Crippen LogP contribution in [0.2, 0.25) is 0 Å². The minimum atomic E-state index is -5.00. The van der Waals surface area contributed by atoms with Gasteiger partial charge in [-0.1, -0.05) is 206 Å². The fraction of sp³-hybridized carbons (Fsp3) is 0.909. The van der Waals surface area contributed by atoms with E-state index in [1.807, 2.05) is 0 Å². The first kappa shape index (κ1) is 77.2. The Morgan fingerprint density at radius 3 is 0.703 bits per heavy atom.